The number of nitrogens with zero attached hydrogens (tertiary/aromatic N) is 2. The van der Waals surface area contributed by atoms with Crippen molar-refractivity contribution in [1.29, 1.82) is 0 Å². The molecule has 6 heteroatoms. The normalized spacial score (nSPS) is 10.5. The highest BCUT2D eigenvalue weighted by atomic mass is 79.9. The molecule has 1 aromatic heterocycles. The molecule has 0 saturated carbocycles. The van der Waals surface area contributed by atoms with Crippen LogP contribution >= 0.6 is 39.1 Å². The molecule has 3 nitrogen and oxygen atoms in total. The Balaban J connectivity index is 2.47. The van der Waals surface area contributed by atoms with Crippen LogP contribution < -0.4 is 0 Å². The number of hydrogen-bond donors (Lipinski definition) is 0. The molecule has 0 fully saturated rings. The highest BCUT2D eigenvalue weighted by Crippen LogP contribution is 2.28. The number of rotatable bonds is 1. The van der Waals surface area contributed by atoms with E-state index >= 15 is 0 Å². The average Bonchev–Trinajstić information content (AvgIpc) is 2.57. The molecule has 0 saturated heterocycles. The second-order valence-corrected chi connectivity index (χ2v) is 4.10. The molecular weight excluding hydrogens is 291 g/mol. The van der Waals surface area contributed by atoms with E-state index in [2.05, 4.69) is 26.1 Å². The molecule has 0 aliphatic carbocycles. The van der Waals surface area contributed by atoms with Gasteiger partial charge in [-0.25, -0.2) is 0 Å². The van der Waals surface area contributed by atoms with Crippen LogP contribution in [0.4, 0.5) is 0 Å². The Morgan fingerprint density at radius 3 is 2.64 bits per heavy atom. The van der Waals surface area contributed by atoms with Gasteiger partial charge in [0.25, 0.3) is 11.2 Å². The van der Waals surface area contributed by atoms with Crippen molar-refractivity contribution in [2.24, 2.45) is 0 Å². The first kappa shape index (κ1) is 9.96. The number of aromatic nitrogens is 2. The van der Waals surface area contributed by atoms with Crippen molar-refractivity contribution in [3.63, 3.8) is 0 Å². The van der Waals surface area contributed by atoms with Crippen LogP contribution in [0, 0.1) is 0 Å². The van der Waals surface area contributed by atoms with Crippen molar-refractivity contribution in [2.75, 3.05) is 0 Å². The van der Waals surface area contributed by atoms with Crippen LogP contribution in [0.5, 0.6) is 0 Å². The molecule has 2 aromatic rings. The monoisotopic (exact) mass is 292 g/mol. The molecule has 0 unspecified atom stereocenters. The Labute approximate surface area is 98.1 Å². The van der Waals surface area contributed by atoms with E-state index in [1.54, 1.807) is 18.2 Å². The predicted octanol–water partition coefficient (Wildman–Crippen LogP) is 3.81. The molecule has 0 N–H and O–H groups in total. The van der Waals surface area contributed by atoms with Crippen molar-refractivity contribution in [2.45, 2.75) is 0 Å². The molecule has 0 spiro atoms. The molecule has 1 aromatic carbocycles. The third kappa shape index (κ3) is 1.92. The minimum absolute atomic E-state index is 0.0824. The van der Waals surface area contributed by atoms with Gasteiger partial charge in [-0.05, 0) is 50.9 Å². The zero-order valence-corrected chi connectivity index (χ0v) is 9.77. The first-order valence-corrected chi connectivity index (χ1v) is 5.16. The lowest BCUT2D eigenvalue weighted by atomic mass is 10.2. The third-order valence-corrected chi connectivity index (χ3v) is 2.95. The SMILES string of the molecule is Clc1noc(-c2ccc(Br)c(Cl)c2)n1. The third-order valence-electron chi connectivity index (χ3n) is 1.57. The Kier molecular flexibility index (Phi) is 2.76. The average molecular weight is 294 g/mol. The van der Waals surface area contributed by atoms with Crippen LogP contribution in [0.25, 0.3) is 11.5 Å². The largest absolute Gasteiger partial charge is 0.333 e. The number of benzene rings is 1. The zero-order chi connectivity index (χ0) is 10.1. The molecule has 1 heterocycles. The molecule has 0 aliphatic heterocycles. The molecule has 0 atom stereocenters. The zero-order valence-electron chi connectivity index (χ0n) is 6.67. The number of halogens is 3. The van der Waals surface area contributed by atoms with E-state index in [-0.39, 0.29) is 5.28 Å². The minimum Gasteiger partial charge on any atom is -0.333 e. The van der Waals surface area contributed by atoms with Crippen molar-refractivity contribution in [3.8, 4) is 11.5 Å². The Hall–Kier alpha value is -0.580. The topological polar surface area (TPSA) is 38.9 Å². The lowest BCUT2D eigenvalue weighted by molar-refractivity contribution is 0.430. The van der Waals surface area contributed by atoms with Gasteiger partial charge in [0.15, 0.2) is 0 Å². The fourth-order valence-electron chi connectivity index (χ4n) is 0.952. The molecule has 72 valence electrons. The summed E-state index contributed by atoms with van der Waals surface area (Å²) in [5, 5.41) is 4.13. The van der Waals surface area contributed by atoms with E-state index < -0.39 is 0 Å². The van der Waals surface area contributed by atoms with Gasteiger partial charge in [-0.15, -0.1) is 0 Å². The second-order valence-electron chi connectivity index (χ2n) is 2.50. The van der Waals surface area contributed by atoms with E-state index in [1.807, 2.05) is 0 Å². The maximum atomic E-state index is 5.90. The molecule has 0 aliphatic rings. The van der Waals surface area contributed by atoms with Gasteiger partial charge < -0.3 is 4.52 Å². The summed E-state index contributed by atoms with van der Waals surface area (Å²) in [7, 11) is 0. The molecular formula is C8H3BrCl2N2O. The maximum absolute atomic E-state index is 5.90. The van der Waals surface area contributed by atoms with E-state index in [4.69, 9.17) is 27.7 Å². The standard InChI is InChI=1S/C8H3BrCl2N2O/c9-5-2-1-4(3-6(5)10)7-12-8(11)13-14-7/h1-3H. The van der Waals surface area contributed by atoms with Gasteiger partial charge in [0.1, 0.15) is 0 Å². The van der Waals surface area contributed by atoms with Gasteiger partial charge in [-0.2, -0.15) is 4.98 Å². The number of hydrogen-bond acceptors (Lipinski definition) is 3. The lowest BCUT2D eigenvalue weighted by Crippen LogP contribution is -1.77. The van der Waals surface area contributed by atoms with E-state index in [0.717, 1.165) is 10.0 Å². The first-order chi connectivity index (χ1) is 6.66. The van der Waals surface area contributed by atoms with E-state index in [9.17, 15) is 0 Å². The van der Waals surface area contributed by atoms with Crippen molar-refractivity contribution in [3.05, 3.63) is 33.0 Å². The Morgan fingerprint density at radius 2 is 2.07 bits per heavy atom. The summed E-state index contributed by atoms with van der Waals surface area (Å²) in [5.74, 6) is 0.351. The van der Waals surface area contributed by atoms with Crippen LogP contribution in [-0.2, 0) is 0 Å². The van der Waals surface area contributed by atoms with Crippen LogP contribution in [-0.4, -0.2) is 10.1 Å². The van der Waals surface area contributed by atoms with E-state index in [0.29, 0.717) is 10.9 Å². The molecule has 0 amide bonds. The smallest absolute Gasteiger partial charge is 0.264 e. The minimum atomic E-state index is 0.0824. The van der Waals surface area contributed by atoms with Crippen molar-refractivity contribution >= 4 is 39.1 Å². The summed E-state index contributed by atoms with van der Waals surface area (Å²) in [4.78, 5) is 3.87. The van der Waals surface area contributed by atoms with Gasteiger partial charge >= 0.3 is 0 Å². The van der Waals surface area contributed by atoms with Crippen LogP contribution in [0.2, 0.25) is 10.3 Å². The summed E-state index contributed by atoms with van der Waals surface area (Å²) in [6, 6.07) is 5.32. The maximum Gasteiger partial charge on any atom is 0.264 e. The molecule has 0 radical (unpaired) electrons. The highest BCUT2D eigenvalue weighted by Gasteiger charge is 2.08. The van der Waals surface area contributed by atoms with Crippen LogP contribution in [0.15, 0.2) is 27.2 Å². The van der Waals surface area contributed by atoms with E-state index in [1.165, 1.54) is 0 Å². The summed E-state index contributed by atoms with van der Waals surface area (Å²) in [6.45, 7) is 0. The molecule has 0 bridgehead atoms. The fraction of sp³-hybridized carbons (Fsp3) is 0. The van der Waals surface area contributed by atoms with Gasteiger partial charge in [-0.1, -0.05) is 11.6 Å². The van der Waals surface area contributed by atoms with Gasteiger partial charge in [0.05, 0.1) is 5.02 Å². The second kappa shape index (κ2) is 3.88. The van der Waals surface area contributed by atoms with Crippen LogP contribution in [0.3, 0.4) is 0 Å². The summed E-state index contributed by atoms with van der Waals surface area (Å²) >= 11 is 14.7. The Morgan fingerprint density at radius 1 is 1.29 bits per heavy atom. The summed E-state index contributed by atoms with van der Waals surface area (Å²) in [6.07, 6.45) is 0. The van der Waals surface area contributed by atoms with Gasteiger partial charge in [0.2, 0.25) is 0 Å². The molecule has 2 rings (SSSR count). The first-order valence-electron chi connectivity index (χ1n) is 3.61. The lowest BCUT2D eigenvalue weighted by Gasteiger charge is -1.97. The molecule has 14 heavy (non-hydrogen) atoms. The predicted molar refractivity (Wildman–Crippen MR) is 57.5 cm³/mol. The summed E-state index contributed by atoms with van der Waals surface area (Å²) < 4.78 is 5.69. The Bertz CT molecular complexity index is 472. The van der Waals surface area contributed by atoms with Gasteiger partial charge in [-0.3, -0.25) is 0 Å². The summed E-state index contributed by atoms with van der Waals surface area (Å²) in [5.41, 5.74) is 0.734. The highest BCUT2D eigenvalue weighted by molar-refractivity contribution is 9.10. The fourth-order valence-corrected chi connectivity index (χ4v) is 1.49. The van der Waals surface area contributed by atoms with Gasteiger partial charge in [0, 0.05) is 10.0 Å². The quantitative estimate of drug-likeness (QED) is 0.802. The van der Waals surface area contributed by atoms with Crippen molar-refractivity contribution in [1.82, 2.24) is 10.1 Å². The van der Waals surface area contributed by atoms with Crippen LogP contribution in [0.1, 0.15) is 0 Å². The van der Waals surface area contributed by atoms with Crippen molar-refractivity contribution < 1.29 is 4.52 Å².